The molecule has 1 N–H and O–H groups in total. The highest BCUT2D eigenvalue weighted by Gasteiger charge is 2.41. The number of anilines is 3. The third-order valence-electron chi connectivity index (χ3n) is 6.93. The van der Waals surface area contributed by atoms with Crippen LogP contribution in [0.2, 0.25) is 0 Å². The van der Waals surface area contributed by atoms with Crippen LogP contribution in [0.1, 0.15) is 16.7 Å². The minimum absolute atomic E-state index is 0.0601. The molecule has 8 nitrogen and oxygen atoms in total. The standard InChI is InChI=1S/C34H29N3O5S/c1-22-14-16-25(18-23(22)2)35-31(38)21-42-29-17-15-24(20-30(29)41-3)19-28-32(39)36(26-10-6-4-7-11-26)34(43)37(33(28)40)27-12-8-5-9-13-27/h4-20H,21H2,1-3H3,(H,35,38). The zero-order chi connectivity index (χ0) is 30.5. The smallest absolute Gasteiger partial charge is 0.270 e. The number of nitrogens with one attached hydrogen (secondary N) is 1. The van der Waals surface area contributed by atoms with E-state index in [2.05, 4.69) is 5.32 Å². The molecule has 1 heterocycles. The summed E-state index contributed by atoms with van der Waals surface area (Å²) >= 11 is 5.66. The number of thiocarbonyl (C=S) groups is 1. The van der Waals surface area contributed by atoms with Crippen molar-refractivity contribution in [1.29, 1.82) is 0 Å². The minimum Gasteiger partial charge on any atom is -0.493 e. The van der Waals surface area contributed by atoms with Crippen LogP contribution in [0.4, 0.5) is 17.1 Å². The van der Waals surface area contributed by atoms with Crippen molar-refractivity contribution in [2.75, 3.05) is 28.8 Å². The van der Waals surface area contributed by atoms with E-state index in [0.717, 1.165) is 11.1 Å². The Labute approximate surface area is 255 Å². The second-order valence-corrected chi connectivity index (χ2v) is 10.2. The topological polar surface area (TPSA) is 88.2 Å². The van der Waals surface area contributed by atoms with Gasteiger partial charge in [0.1, 0.15) is 5.57 Å². The molecule has 0 unspecified atom stereocenters. The first kappa shape index (κ1) is 29.2. The summed E-state index contributed by atoms with van der Waals surface area (Å²) in [6.45, 7) is 3.74. The van der Waals surface area contributed by atoms with Gasteiger partial charge >= 0.3 is 0 Å². The molecule has 0 spiro atoms. The fourth-order valence-corrected chi connectivity index (χ4v) is 4.94. The predicted octanol–water partition coefficient (Wildman–Crippen LogP) is 6.08. The van der Waals surface area contributed by atoms with Crippen molar-refractivity contribution < 1.29 is 23.9 Å². The average Bonchev–Trinajstić information content (AvgIpc) is 3.01. The quantitative estimate of drug-likeness (QED) is 0.152. The van der Waals surface area contributed by atoms with E-state index in [1.165, 1.54) is 23.0 Å². The van der Waals surface area contributed by atoms with Gasteiger partial charge in [-0.2, -0.15) is 0 Å². The minimum atomic E-state index is -0.546. The fraction of sp³-hybridized carbons (Fsp3) is 0.118. The highest BCUT2D eigenvalue weighted by Crippen LogP contribution is 2.32. The molecule has 1 aliphatic rings. The molecule has 43 heavy (non-hydrogen) atoms. The van der Waals surface area contributed by atoms with Crippen molar-refractivity contribution in [3.63, 3.8) is 0 Å². The summed E-state index contributed by atoms with van der Waals surface area (Å²) in [7, 11) is 1.47. The van der Waals surface area contributed by atoms with Crippen LogP contribution in [-0.2, 0) is 14.4 Å². The van der Waals surface area contributed by atoms with Gasteiger partial charge in [-0.25, -0.2) is 0 Å². The molecule has 4 aromatic rings. The lowest BCUT2D eigenvalue weighted by molar-refractivity contribution is -0.121. The number of nitrogens with zero attached hydrogens (tertiary/aromatic N) is 2. The molecule has 9 heteroatoms. The Hall–Kier alpha value is -5.28. The second kappa shape index (κ2) is 12.7. The van der Waals surface area contributed by atoms with Crippen LogP contribution < -0.4 is 24.6 Å². The third kappa shape index (κ3) is 6.32. The van der Waals surface area contributed by atoms with E-state index in [1.807, 2.05) is 44.2 Å². The highest BCUT2D eigenvalue weighted by atomic mass is 32.1. The van der Waals surface area contributed by atoms with Crippen LogP contribution in [0.15, 0.2) is 103 Å². The summed E-state index contributed by atoms with van der Waals surface area (Å²) in [6.07, 6.45) is 1.50. The molecule has 3 amide bonds. The molecule has 4 aromatic carbocycles. The molecular formula is C34H29N3O5S. The molecule has 0 aromatic heterocycles. The van der Waals surface area contributed by atoms with Crippen LogP contribution in [0.5, 0.6) is 11.5 Å². The van der Waals surface area contributed by atoms with Crippen LogP contribution in [0.3, 0.4) is 0 Å². The van der Waals surface area contributed by atoms with E-state index in [1.54, 1.807) is 66.7 Å². The van der Waals surface area contributed by atoms with Crippen LogP contribution in [0, 0.1) is 13.8 Å². The van der Waals surface area contributed by atoms with E-state index in [-0.39, 0.29) is 23.2 Å². The molecule has 0 atom stereocenters. The van der Waals surface area contributed by atoms with Crippen LogP contribution in [-0.4, -0.2) is 36.6 Å². The normalized spacial score (nSPS) is 13.2. The number of hydrogen-bond donors (Lipinski definition) is 1. The lowest BCUT2D eigenvalue weighted by atomic mass is 10.0. The lowest BCUT2D eigenvalue weighted by Gasteiger charge is -2.36. The van der Waals surface area contributed by atoms with Crippen LogP contribution in [0.25, 0.3) is 6.08 Å². The van der Waals surface area contributed by atoms with Crippen molar-refractivity contribution in [3.05, 3.63) is 119 Å². The average molecular weight is 592 g/mol. The number of rotatable bonds is 8. The Bertz CT molecular complexity index is 1670. The van der Waals surface area contributed by atoms with Gasteiger partial charge in [-0.15, -0.1) is 0 Å². The molecule has 0 saturated carbocycles. The van der Waals surface area contributed by atoms with E-state index < -0.39 is 11.8 Å². The number of methoxy groups -OCH3 is 1. The fourth-order valence-electron chi connectivity index (χ4n) is 4.56. The van der Waals surface area contributed by atoms with Gasteiger partial charge in [-0.1, -0.05) is 48.5 Å². The Balaban J connectivity index is 1.41. The zero-order valence-electron chi connectivity index (χ0n) is 23.9. The molecular weight excluding hydrogens is 562 g/mol. The largest absolute Gasteiger partial charge is 0.493 e. The molecule has 216 valence electrons. The molecule has 0 bridgehead atoms. The van der Waals surface area contributed by atoms with E-state index in [4.69, 9.17) is 21.7 Å². The van der Waals surface area contributed by atoms with Crippen molar-refractivity contribution >= 4 is 58.2 Å². The molecule has 1 saturated heterocycles. The summed E-state index contributed by atoms with van der Waals surface area (Å²) in [6, 6.07) is 28.5. The maximum absolute atomic E-state index is 13.7. The predicted molar refractivity (Wildman–Crippen MR) is 171 cm³/mol. The van der Waals surface area contributed by atoms with Gasteiger partial charge in [0, 0.05) is 5.69 Å². The summed E-state index contributed by atoms with van der Waals surface area (Å²) in [5.74, 6) is -0.752. The van der Waals surface area contributed by atoms with Gasteiger partial charge in [0.15, 0.2) is 23.2 Å². The van der Waals surface area contributed by atoms with Crippen molar-refractivity contribution in [2.24, 2.45) is 0 Å². The number of hydrogen-bond acceptors (Lipinski definition) is 6. The number of amides is 3. The SMILES string of the molecule is COc1cc(C=C2C(=O)N(c3ccccc3)C(=S)N(c3ccccc3)C2=O)ccc1OCC(=O)Nc1ccc(C)c(C)c1. The number of benzene rings is 4. The molecule has 1 aliphatic heterocycles. The molecule has 0 aliphatic carbocycles. The summed E-state index contributed by atoms with van der Waals surface area (Å²) in [5.41, 5.74) is 4.41. The van der Waals surface area contributed by atoms with Gasteiger partial charge in [0.05, 0.1) is 18.5 Å². The Kier molecular flexibility index (Phi) is 8.64. The van der Waals surface area contributed by atoms with Gasteiger partial charge in [0.25, 0.3) is 17.7 Å². The van der Waals surface area contributed by atoms with E-state index >= 15 is 0 Å². The van der Waals surface area contributed by atoms with Crippen LogP contribution >= 0.6 is 12.2 Å². The van der Waals surface area contributed by atoms with Crippen molar-refractivity contribution in [1.82, 2.24) is 0 Å². The molecule has 1 fully saturated rings. The Morgan fingerprint density at radius 2 is 1.40 bits per heavy atom. The third-order valence-corrected chi connectivity index (χ3v) is 7.29. The van der Waals surface area contributed by atoms with E-state index in [0.29, 0.717) is 34.1 Å². The summed E-state index contributed by atoms with van der Waals surface area (Å²) < 4.78 is 11.3. The lowest BCUT2D eigenvalue weighted by Crippen LogP contribution is -2.56. The molecule has 5 rings (SSSR count). The summed E-state index contributed by atoms with van der Waals surface area (Å²) in [4.78, 5) is 42.7. The number of carbonyl (C=O) groups is 3. The van der Waals surface area contributed by atoms with Crippen molar-refractivity contribution in [2.45, 2.75) is 13.8 Å². The Morgan fingerprint density at radius 3 is 1.95 bits per heavy atom. The number of aryl methyl sites for hydroxylation is 2. The van der Waals surface area contributed by atoms with E-state index in [9.17, 15) is 14.4 Å². The first-order valence-corrected chi connectivity index (χ1v) is 13.9. The van der Waals surface area contributed by atoms with Gasteiger partial charge < -0.3 is 14.8 Å². The zero-order valence-corrected chi connectivity index (χ0v) is 24.7. The maximum atomic E-state index is 13.7. The highest BCUT2D eigenvalue weighted by molar-refractivity contribution is 7.81. The summed E-state index contributed by atoms with van der Waals surface area (Å²) in [5, 5.41) is 2.88. The van der Waals surface area contributed by atoms with Gasteiger partial charge in [0.2, 0.25) is 0 Å². The number of para-hydroxylation sites is 2. The maximum Gasteiger partial charge on any atom is 0.270 e. The number of ether oxygens (including phenoxy) is 2. The van der Waals surface area contributed by atoms with Crippen molar-refractivity contribution in [3.8, 4) is 11.5 Å². The monoisotopic (exact) mass is 591 g/mol. The first-order chi connectivity index (χ1) is 20.8. The Morgan fingerprint density at radius 1 is 0.791 bits per heavy atom. The molecule has 0 radical (unpaired) electrons. The van der Waals surface area contributed by atoms with Gasteiger partial charge in [-0.05, 0) is 97.4 Å². The number of carbonyl (C=O) groups excluding carboxylic acids is 3. The van der Waals surface area contributed by atoms with Gasteiger partial charge in [-0.3, -0.25) is 24.2 Å². The second-order valence-electron chi connectivity index (χ2n) is 9.84. The first-order valence-electron chi connectivity index (χ1n) is 13.5.